The van der Waals surface area contributed by atoms with E-state index < -0.39 is 0 Å². The van der Waals surface area contributed by atoms with Crippen molar-refractivity contribution in [2.75, 3.05) is 14.2 Å². The second kappa shape index (κ2) is 7.76. The van der Waals surface area contributed by atoms with E-state index in [9.17, 15) is 4.79 Å². The monoisotopic (exact) mass is 373 g/mol. The number of hydrogen-bond donors (Lipinski definition) is 2. The van der Waals surface area contributed by atoms with Crippen molar-refractivity contribution in [1.29, 1.82) is 0 Å². The van der Waals surface area contributed by atoms with Crippen molar-refractivity contribution in [3.8, 4) is 11.5 Å². The molecule has 1 heterocycles. The first-order valence-corrected chi connectivity index (χ1v) is 8.53. The first-order chi connectivity index (χ1) is 12.5. The number of ether oxygens (including phenoxy) is 2. The first-order valence-electron chi connectivity index (χ1n) is 8.15. The highest BCUT2D eigenvalue weighted by Gasteiger charge is 2.12. The molecule has 1 aromatic heterocycles. The Morgan fingerprint density at radius 2 is 1.81 bits per heavy atom. The highest BCUT2D eigenvalue weighted by atomic mass is 35.5. The minimum Gasteiger partial charge on any atom is -0.493 e. The van der Waals surface area contributed by atoms with E-state index in [-0.39, 0.29) is 11.6 Å². The molecule has 0 aliphatic carbocycles. The summed E-state index contributed by atoms with van der Waals surface area (Å²) in [6.45, 7) is 2.46. The van der Waals surface area contributed by atoms with Gasteiger partial charge in [-0.2, -0.15) is 0 Å². The second-order valence-electron chi connectivity index (χ2n) is 5.89. The molecule has 0 amide bonds. The van der Waals surface area contributed by atoms with Gasteiger partial charge in [-0.1, -0.05) is 23.7 Å². The fourth-order valence-corrected chi connectivity index (χ4v) is 2.84. The van der Waals surface area contributed by atoms with Gasteiger partial charge in [-0.15, -0.1) is 0 Å². The lowest BCUT2D eigenvalue weighted by Gasteiger charge is -2.14. The van der Waals surface area contributed by atoms with Crippen LogP contribution >= 0.6 is 11.6 Å². The number of H-pyrrole nitrogens is 1. The van der Waals surface area contributed by atoms with Crippen LogP contribution < -0.4 is 20.3 Å². The van der Waals surface area contributed by atoms with Crippen LogP contribution in [0.15, 0.2) is 41.2 Å². The van der Waals surface area contributed by atoms with Gasteiger partial charge in [0.1, 0.15) is 5.82 Å². The number of methoxy groups -OCH3 is 2. The average Bonchev–Trinajstić information content (AvgIpc) is 2.65. The Hall–Kier alpha value is -2.57. The average molecular weight is 374 g/mol. The van der Waals surface area contributed by atoms with Gasteiger partial charge in [0.15, 0.2) is 11.5 Å². The van der Waals surface area contributed by atoms with Crippen molar-refractivity contribution in [1.82, 2.24) is 15.3 Å². The maximum Gasteiger partial charge on any atom is 0.258 e. The zero-order chi connectivity index (χ0) is 18.7. The van der Waals surface area contributed by atoms with Crippen molar-refractivity contribution < 1.29 is 9.47 Å². The smallest absolute Gasteiger partial charge is 0.258 e. The molecule has 7 heteroatoms. The maximum absolute atomic E-state index is 12.4. The molecule has 0 unspecified atom stereocenters. The number of rotatable bonds is 6. The molecule has 0 fully saturated rings. The summed E-state index contributed by atoms with van der Waals surface area (Å²) < 4.78 is 10.5. The van der Waals surface area contributed by atoms with E-state index in [4.69, 9.17) is 21.1 Å². The van der Waals surface area contributed by atoms with Crippen molar-refractivity contribution in [2.45, 2.75) is 19.5 Å². The summed E-state index contributed by atoms with van der Waals surface area (Å²) >= 11 is 5.92. The summed E-state index contributed by atoms with van der Waals surface area (Å²) in [6, 6.07) is 11.1. The number of hydrogen-bond acceptors (Lipinski definition) is 5. The number of halogens is 1. The normalized spacial score (nSPS) is 12.2. The van der Waals surface area contributed by atoms with E-state index in [0.29, 0.717) is 39.8 Å². The van der Waals surface area contributed by atoms with Gasteiger partial charge >= 0.3 is 0 Å². The Bertz CT molecular complexity index is 970. The molecule has 26 heavy (non-hydrogen) atoms. The van der Waals surface area contributed by atoms with E-state index in [0.717, 1.165) is 5.56 Å². The summed E-state index contributed by atoms with van der Waals surface area (Å²) in [5.74, 6) is 1.58. The van der Waals surface area contributed by atoms with E-state index in [1.807, 2.05) is 31.2 Å². The quantitative estimate of drug-likeness (QED) is 0.692. The molecule has 0 saturated carbocycles. The van der Waals surface area contributed by atoms with Crippen molar-refractivity contribution in [3.05, 3.63) is 63.2 Å². The molecule has 2 N–H and O–H groups in total. The van der Waals surface area contributed by atoms with E-state index >= 15 is 0 Å². The van der Waals surface area contributed by atoms with Crippen LogP contribution in [0.5, 0.6) is 11.5 Å². The number of fused-ring (bicyclic) bond motifs is 1. The van der Waals surface area contributed by atoms with Crippen molar-refractivity contribution in [3.63, 3.8) is 0 Å². The van der Waals surface area contributed by atoms with Gasteiger partial charge in [0.25, 0.3) is 5.56 Å². The second-order valence-corrected chi connectivity index (χ2v) is 6.33. The third kappa shape index (κ3) is 3.81. The van der Waals surface area contributed by atoms with Crippen molar-refractivity contribution >= 4 is 22.5 Å². The fourth-order valence-electron chi connectivity index (χ4n) is 2.72. The van der Waals surface area contributed by atoms with Gasteiger partial charge in [0.2, 0.25) is 0 Å². The molecule has 3 aromatic rings. The zero-order valence-electron chi connectivity index (χ0n) is 14.8. The molecule has 0 bridgehead atoms. The minimum atomic E-state index is -0.216. The van der Waals surface area contributed by atoms with E-state index in [2.05, 4.69) is 15.3 Å². The van der Waals surface area contributed by atoms with Gasteiger partial charge in [0.05, 0.1) is 31.7 Å². The predicted octanol–water partition coefficient (Wildman–Crippen LogP) is 3.44. The molecular weight excluding hydrogens is 354 g/mol. The van der Waals surface area contributed by atoms with Crippen LogP contribution in [0.3, 0.4) is 0 Å². The van der Waals surface area contributed by atoms with Crippen LogP contribution in [0.4, 0.5) is 0 Å². The highest BCUT2D eigenvalue weighted by Crippen LogP contribution is 2.29. The van der Waals surface area contributed by atoms with Crippen LogP contribution in [0.2, 0.25) is 5.02 Å². The number of benzene rings is 2. The van der Waals surface area contributed by atoms with Gasteiger partial charge in [0, 0.05) is 17.1 Å². The number of aromatic amines is 1. The largest absolute Gasteiger partial charge is 0.493 e. The number of nitrogens with zero attached hydrogens (tertiary/aromatic N) is 1. The lowest BCUT2D eigenvalue weighted by atomic mass is 10.1. The topological polar surface area (TPSA) is 76.2 Å². The molecule has 1 atom stereocenters. The van der Waals surface area contributed by atoms with Gasteiger partial charge in [-0.25, -0.2) is 4.98 Å². The molecule has 2 aromatic carbocycles. The van der Waals surface area contributed by atoms with Crippen LogP contribution in [-0.4, -0.2) is 24.2 Å². The Kier molecular flexibility index (Phi) is 5.44. The number of aromatic nitrogens is 2. The first kappa shape index (κ1) is 18.2. The molecular formula is C19H20ClN3O3. The molecule has 0 saturated heterocycles. The Morgan fingerprint density at radius 1 is 1.15 bits per heavy atom. The summed E-state index contributed by atoms with van der Waals surface area (Å²) in [4.78, 5) is 19.7. The van der Waals surface area contributed by atoms with Gasteiger partial charge in [-0.05, 0) is 30.7 Å². The Labute approximate surface area is 156 Å². The molecule has 0 aliphatic heterocycles. The fraction of sp³-hybridized carbons (Fsp3) is 0.263. The number of nitrogens with one attached hydrogen (secondary N) is 2. The minimum absolute atomic E-state index is 0.0821. The lowest BCUT2D eigenvalue weighted by molar-refractivity contribution is 0.355. The third-order valence-electron chi connectivity index (χ3n) is 4.21. The Balaban J connectivity index is 1.84. The molecule has 0 spiro atoms. The van der Waals surface area contributed by atoms with E-state index in [1.54, 1.807) is 19.2 Å². The molecule has 0 radical (unpaired) electrons. The molecule has 0 aliphatic rings. The molecule has 136 valence electrons. The third-order valence-corrected chi connectivity index (χ3v) is 4.46. The van der Waals surface area contributed by atoms with Gasteiger partial charge in [-0.3, -0.25) is 4.79 Å². The predicted molar refractivity (Wildman–Crippen MR) is 102 cm³/mol. The highest BCUT2D eigenvalue weighted by molar-refractivity contribution is 6.30. The van der Waals surface area contributed by atoms with Gasteiger partial charge < -0.3 is 19.8 Å². The maximum atomic E-state index is 12.4. The lowest BCUT2D eigenvalue weighted by Crippen LogP contribution is -2.22. The van der Waals surface area contributed by atoms with Crippen LogP contribution in [0, 0.1) is 0 Å². The van der Waals surface area contributed by atoms with Crippen LogP contribution in [-0.2, 0) is 6.54 Å². The van der Waals surface area contributed by atoms with Crippen LogP contribution in [0.25, 0.3) is 10.9 Å². The van der Waals surface area contributed by atoms with Crippen LogP contribution in [0.1, 0.15) is 24.4 Å². The standard InChI is InChI=1S/C19H20ClN3O3/c1-11(12-4-6-13(20)7-5-12)21-10-18-22-15-9-17(26-3)16(25-2)8-14(15)19(24)23-18/h4-9,11,21H,10H2,1-3H3,(H,22,23,24)/t11-/m0/s1. The summed E-state index contributed by atoms with van der Waals surface area (Å²) in [7, 11) is 3.08. The summed E-state index contributed by atoms with van der Waals surface area (Å²) in [5, 5.41) is 4.50. The summed E-state index contributed by atoms with van der Waals surface area (Å²) in [6.07, 6.45) is 0. The Morgan fingerprint density at radius 3 is 2.46 bits per heavy atom. The zero-order valence-corrected chi connectivity index (χ0v) is 15.6. The van der Waals surface area contributed by atoms with E-state index in [1.165, 1.54) is 7.11 Å². The van der Waals surface area contributed by atoms with Crippen molar-refractivity contribution in [2.24, 2.45) is 0 Å². The summed E-state index contributed by atoms with van der Waals surface area (Å²) in [5.41, 5.74) is 1.44. The SMILES string of the molecule is COc1cc2nc(CN[C@@H](C)c3ccc(Cl)cc3)[nH]c(=O)c2cc1OC. The molecule has 6 nitrogen and oxygen atoms in total. The molecule has 3 rings (SSSR count).